The summed E-state index contributed by atoms with van der Waals surface area (Å²) in [6.07, 6.45) is -0.235. The van der Waals surface area contributed by atoms with Gasteiger partial charge in [-0.1, -0.05) is 39.0 Å². The monoisotopic (exact) mass is 1090 g/mol. The first-order valence-electron chi connectivity index (χ1n) is 26.0. The molecule has 9 rings (SSSR count). The van der Waals surface area contributed by atoms with Crippen molar-refractivity contribution in [1.29, 1.82) is 0 Å². The highest BCUT2D eigenvalue weighted by atomic mass is 32.1. The van der Waals surface area contributed by atoms with Crippen molar-refractivity contribution in [2.24, 2.45) is 5.41 Å². The van der Waals surface area contributed by atoms with Crippen LogP contribution in [-0.2, 0) is 42.2 Å². The molecule has 5 fully saturated rings. The number of hydrogen-bond donors (Lipinski definition) is 4. The number of nitrogens with one attached hydrogen (secondary N) is 3. The van der Waals surface area contributed by atoms with Crippen molar-refractivity contribution in [1.82, 2.24) is 45.0 Å². The number of benzene rings is 2. The van der Waals surface area contributed by atoms with Gasteiger partial charge in [-0.05, 0) is 100 Å². The van der Waals surface area contributed by atoms with Crippen LogP contribution in [0, 0.1) is 18.9 Å². The molecular formula is C54H65F4N11O7S. The Morgan fingerprint density at radius 1 is 0.961 bits per heavy atom. The molecule has 4 aliphatic heterocycles. The Bertz CT molecular complexity index is 2940. The van der Waals surface area contributed by atoms with Crippen LogP contribution >= 0.6 is 11.3 Å². The average molecular weight is 1090 g/mol. The summed E-state index contributed by atoms with van der Waals surface area (Å²) in [5.41, 5.74) is -0.812. The van der Waals surface area contributed by atoms with E-state index in [4.69, 9.17) is 11.3 Å². The minimum absolute atomic E-state index is 0.0169. The number of carbonyl (C=O) groups is 5. The third-order valence-corrected chi connectivity index (χ3v) is 16.8. The lowest BCUT2D eigenvalue weighted by Crippen LogP contribution is -2.70. The second kappa shape index (κ2) is 21.4. The number of hydrogen-bond acceptors (Lipinski definition) is 12. The molecule has 77 heavy (non-hydrogen) atoms. The molecule has 18 nitrogen and oxygen atoms in total. The third-order valence-electron chi connectivity index (χ3n) is 15.8. The largest absolute Gasteiger partial charge is 0.483 e. The molecule has 0 bridgehead atoms. The zero-order valence-corrected chi connectivity index (χ0v) is 44.8. The van der Waals surface area contributed by atoms with Gasteiger partial charge in [0.15, 0.2) is 18.0 Å². The molecule has 3 atom stereocenters. The van der Waals surface area contributed by atoms with Crippen molar-refractivity contribution in [2.45, 2.75) is 134 Å². The normalized spacial score (nSPS) is 20.9. The highest BCUT2D eigenvalue weighted by molar-refractivity contribution is 7.13. The van der Waals surface area contributed by atoms with E-state index in [9.17, 15) is 46.6 Å². The number of β-amino-alcohol motifs (C(OH)–C–C–N with tert-alkyl or cyclic N) is 1. The Labute approximate surface area is 448 Å². The second-order valence-electron chi connectivity index (χ2n) is 22.7. The number of thiazole rings is 1. The molecule has 1 aliphatic carbocycles. The molecular weight excluding hydrogens is 1020 g/mol. The standard InChI is InChI=1S/C54H65F4N11O7S/c1-31-45(77-30-61-31)33-8-9-34(21-60-47(72)42-20-39(70)28-68(42)48(73)46(51(2,3)4)64-50(75)53(55)14-15-53)43(18-33)76-29-44(71)67-26-38(27-67)66-24-37(25-66)65-16-12-32(13-17-65)35-22-62-69(23-35)52(5,6)49(74)63-36-10-11-41(59-7)40(19-36)54(56,57)58/h8-11,18-19,22-23,30,32,37-39,42,46,70H,12-17,20-21,24-29H2,1-6H3,(H,60,72)(H,63,74)(H,64,75)/t39-,42+,46-/m1/s1. The number of carbonyl (C=O) groups excluding carboxylic acids is 5. The molecule has 1 saturated carbocycles. The number of halogens is 4. The first-order chi connectivity index (χ1) is 36.3. The highest BCUT2D eigenvalue weighted by Crippen LogP contribution is 2.42. The van der Waals surface area contributed by atoms with Crippen molar-refractivity contribution in [3.63, 3.8) is 0 Å². The first-order valence-corrected chi connectivity index (χ1v) is 26.8. The molecule has 2 aromatic heterocycles. The summed E-state index contributed by atoms with van der Waals surface area (Å²) in [5, 5.41) is 23.2. The van der Waals surface area contributed by atoms with Crippen LogP contribution in [0.5, 0.6) is 5.75 Å². The number of alkyl halides is 4. The van der Waals surface area contributed by atoms with Gasteiger partial charge in [0.1, 0.15) is 23.4 Å². The van der Waals surface area contributed by atoms with Crippen molar-refractivity contribution >= 4 is 52.2 Å². The number of aryl methyl sites for hydroxylation is 1. The van der Waals surface area contributed by atoms with Crippen molar-refractivity contribution < 1.29 is 51.4 Å². The first kappa shape index (κ1) is 55.3. The van der Waals surface area contributed by atoms with E-state index in [-0.39, 0.29) is 62.5 Å². The van der Waals surface area contributed by atoms with Crippen LogP contribution in [0.15, 0.2) is 54.3 Å². The number of nitrogens with zero attached hydrogens (tertiary/aromatic N) is 8. The Hall–Kier alpha value is -6.48. The predicted octanol–water partition coefficient (Wildman–Crippen LogP) is 6.02. The van der Waals surface area contributed by atoms with Crippen LogP contribution in [0.1, 0.15) is 95.0 Å². The van der Waals surface area contributed by atoms with Crippen molar-refractivity contribution in [3.05, 3.63) is 88.1 Å². The fraction of sp³-hybridized carbons (Fsp3) is 0.556. The second-order valence-corrected chi connectivity index (χ2v) is 23.5. The van der Waals surface area contributed by atoms with Gasteiger partial charge in [-0.2, -0.15) is 18.3 Å². The van der Waals surface area contributed by atoms with Gasteiger partial charge in [-0.25, -0.2) is 14.2 Å². The van der Waals surface area contributed by atoms with Gasteiger partial charge in [0.25, 0.3) is 17.7 Å². The smallest absolute Gasteiger partial charge is 0.407 e. The summed E-state index contributed by atoms with van der Waals surface area (Å²) < 4.78 is 63.1. The van der Waals surface area contributed by atoms with Crippen molar-refractivity contribution in [2.75, 3.05) is 57.7 Å². The lowest BCUT2D eigenvalue weighted by Gasteiger charge is -2.54. The van der Waals surface area contributed by atoms with Gasteiger partial charge in [0.2, 0.25) is 11.8 Å². The quantitative estimate of drug-likeness (QED) is 0.0756. The van der Waals surface area contributed by atoms with Crippen LogP contribution in [0.4, 0.5) is 28.9 Å². The van der Waals surface area contributed by atoms with Crippen LogP contribution in [0.2, 0.25) is 0 Å². The lowest BCUT2D eigenvalue weighted by atomic mass is 9.85. The highest BCUT2D eigenvalue weighted by Gasteiger charge is 2.53. The van der Waals surface area contributed by atoms with E-state index in [1.54, 1.807) is 51.2 Å². The number of aliphatic hydroxyl groups is 1. The zero-order chi connectivity index (χ0) is 55.4. The summed E-state index contributed by atoms with van der Waals surface area (Å²) in [5.74, 6) is -2.09. The number of rotatable bonds is 16. The van der Waals surface area contributed by atoms with E-state index in [0.29, 0.717) is 30.4 Å². The predicted molar refractivity (Wildman–Crippen MR) is 277 cm³/mol. The van der Waals surface area contributed by atoms with Gasteiger partial charge < -0.3 is 35.6 Å². The molecule has 412 valence electrons. The molecule has 0 radical (unpaired) electrons. The minimum Gasteiger partial charge on any atom is -0.483 e. The van der Waals surface area contributed by atoms with Crippen LogP contribution < -0.4 is 20.7 Å². The fourth-order valence-electron chi connectivity index (χ4n) is 10.5. The number of aromatic nitrogens is 3. The Morgan fingerprint density at radius 2 is 1.66 bits per heavy atom. The Morgan fingerprint density at radius 3 is 2.30 bits per heavy atom. The molecule has 0 unspecified atom stereocenters. The number of likely N-dealkylation sites (tertiary alicyclic amines) is 4. The lowest BCUT2D eigenvalue weighted by molar-refractivity contribution is -0.145. The van der Waals surface area contributed by atoms with Gasteiger partial charge in [-0.15, -0.1) is 11.3 Å². The zero-order valence-electron chi connectivity index (χ0n) is 44.0. The van der Waals surface area contributed by atoms with Crippen LogP contribution in [0.3, 0.4) is 0 Å². The van der Waals surface area contributed by atoms with Gasteiger partial charge in [0, 0.05) is 75.2 Å². The number of amides is 5. The van der Waals surface area contributed by atoms with Crippen LogP contribution in [0.25, 0.3) is 15.3 Å². The fourth-order valence-corrected chi connectivity index (χ4v) is 11.3. The topological polar surface area (TPSA) is 199 Å². The molecule has 0 spiro atoms. The molecule has 2 aromatic carbocycles. The summed E-state index contributed by atoms with van der Waals surface area (Å²) in [7, 11) is 0. The number of aliphatic hydroxyl groups excluding tert-OH is 1. The summed E-state index contributed by atoms with van der Waals surface area (Å²) in [4.78, 5) is 83.7. The number of piperidine rings is 1. The Kier molecular flexibility index (Phi) is 15.4. The van der Waals surface area contributed by atoms with E-state index >= 15 is 0 Å². The van der Waals surface area contributed by atoms with Crippen molar-refractivity contribution in [3.8, 4) is 16.2 Å². The maximum Gasteiger partial charge on any atom is 0.407 e. The SMILES string of the molecule is [C-]#[N+]c1ccc(NC(=O)C(C)(C)n2cc(C3CCN(C4CN(C5CN(C(=O)COc6cc(-c7scnc7C)ccc6CNC(=O)[C@@H]6C[C@@H](O)CN6C(=O)[C@@H](NC(=O)C6(F)CC6)C(C)(C)C)C5)C4)CC3)cn2)cc1C(F)(F)F. The number of ether oxygens (including phenoxy) is 1. The molecule has 5 aliphatic rings. The van der Waals surface area contributed by atoms with E-state index < -0.39 is 75.9 Å². The molecule has 6 heterocycles. The van der Waals surface area contributed by atoms with E-state index in [1.807, 2.05) is 31.3 Å². The Balaban J connectivity index is 0.740. The maximum absolute atomic E-state index is 14.7. The van der Waals surface area contributed by atoms with Gasteiger partial charge in [-0.3, -0.25) is 38.5 Å². The van der Waals surface area contributed by atoms with E-state index in [2.05, 4.69) is 40.7 Å². The molecule has 4 saturated heterocycles. The minimum atomic E-state index is -4.75. The van der Waals surface area contributed by atoms with E-state index in [0.717, 1.165) is 72.9 Å². The molecule has 23 heteroatoms. The summed E-state index contributed by atoms with van der Waals surface area (Å²) >= 11 is 1.46. The molecule has 4 aromatic rings. The summed E-state index contributed by atoms with van der Waals surface area (Å²) in [6, 6.07) is 7.03. The van der Waals surface area contributed by atoms with E-state index in [1.165, 1.54) is 27.0 Å². The maximum atomic E-state index is 14.7. The molecule has 4 N–H and O–H groups in total. The average Bonchev–Trinajstić information content (AvgIpc) is 3.68. The van der Waals surface area contributed by atoms with Gasteiger partial charge in [0.05, 0.1) is 40.5 Å². The summed E-state index contributed by atoms with van der Waals surface area (Å²) in [6.45, 7) is 21.8. The van der Waals surface area contributed by atoms with Crippen LogP contribution in [-0.4, -0.2) is 157 Å². The van der Waals surface area contributed by atoms with Gasteiger partial charge >= 0.3 is 6.18 Å². The number of anilines is 1. The third kappa shape index (κ3) is 11.9. The molecule has 5 amide bonds.